The van der Waals surface area contributed by atoms with Gasteiger partial charge in [0.2, 0.25) is 0 Å². The molecule has 0 aliphatic heterocycles. The number of para-hydroxylation sites is 1. The summed E-state index contributed by atoms with van der Waals surface area (Å²) in [5.74, 6) is 0. The van der Waals surface area contributed by atoms with Crippen molar-refractivity contribution in [3.05, 3.63) is 70.2 Å². The van der Waals surface area contributed by atoms with Crippen molar-refractivity contribution in [3.63, 3.8) is 0 Å². The third-order valence-electron chi connectivity index (χ3n) is 3.33. The molecule has 2 aromatic heterocycles. The summed E-state index contributed by atoms with van der Waals surface area (Å²) in [5, 5.41) is 4.40. The van der Waals surface area contributed by atoms with Crippen LogP contribution in [0.2, 0.25) is 0 Å². The van der Waals surface area contributed by atoms with E-state index in [0.717, 1.165) is 17.8 Å². The van der Waals surface area contributed by atoms with Crippen LogP contribution in [0.15, 0.2) is 54.7 Å². The zero-order chi connectivity index (χ0) is 13.9. The fraction of sp³-hybridized carbons (Fsp3) is 0.188. The summed E-state index contributed by atoms with van der Waals surface area (Å²) in [7, 11) is 0. The van der Waals surface area contributed by atoms with Crippen molar-refractivity contribution in [2.45, 2.75) is 19.4 Å². The number of hydrogen-bond acceptors (Lipinski definition) is 3. The van der Waals surface area contributed by atoms with Crippen LogP contribution in [0.4, 0.5) is 0 Å². The van der Waals surface area contributed by atoms with E-state index in [-0.39, 0.29) is 6.04 Å². The highest BCUT2D eigenvalue weighted by Gasteiger charge is 2.16. The SMILES string of the molecule is CCc1ccc(C(N)c2ccnn2-c2ccccc2)s1. The Balaban J connectivity index is 1.97. The van der Waals surface area contributed by atoms with Gasteiger partial charge in [-0.1, -0.05) is 25.1 Å². The summed E-state index contributed by atoms with van der Waals surface area (Å²) >= 11 is 1.78. The van der Waals surface area contributed by atoms with E-state index < -0.39 is 0 Å². The van der Waals surface area contributed by atoms with Crippen molar-refractivity contribution >= 4 is 11.3 Å². The van der Waals surface area contributed by atoms with E-state index in [9.17, 15) is 0 Å². The number of nitrogens with two attached hydrogens (primary N) is 1. The lowest BCUT2D eigenvalue weighted by molar-refractivity contribution is 0.748. The van der Waals surface area contributed by atoms with Crippen LogP contribution in [0, 0.1) is 0 Å². The fourth-order valence-corrected chi connectivity index (χ4v) is 3.20. The van der Waals surface area contributed by atoms with Crippen LogP contribution in [0.25, 0.3) is 5.69 Å². The summed E-state index contributed by atoms with van der Waals surface area (Å²) in [5.41, 5.74) is 8.47. The van der Waals surface area contributed by atoms with E-state index >= 15 is 0 Å². The minimum absolute atomic E-state index is 0.136. The van der Waals surface area contributed by atoms with E-state index in [1.165, 1.54) is 9.75 Å². The van der Waals surface area contributed by atoms with Crippen LogP contribution in [0.5, 0.6) is 0 Å². The topological polar surface area (TPSA) is 43.8 Å². The molecule has 102 valence electrons. The van der Waals surface area contributed by atoms with Crippen LogP contribution in [-0.4, -0.2) is 9.78 Å². The third kappa shape index (κ3) is 2.40. The maximum Gasteiger partial charge on any atom is 0.0821 e. The van der Waals surface area contributed by atoms with E-state index in [1.807, 2.05) is 41.1 Å². The van der Waals surface area contributed by atoms with E-state index in [4.69, 9.17) is 5.73 Å². The van der Waals surface area contributed by atoms with Gasteiger partial charge in [0.1, 0.15) is 0 Å². The number of nitrogens with zero attached hydrogens (tertiary/aromatic N) is 2. The molecule has 0 saturated carbocycles. The summed E-state index contributed by atoms with van der Waals surface area (Å²) in [6.45, 7) is 2.16. The first kappa shape index (κ1) is 13.1. The van der Waals surface area contributed by atoms with Crippen LogP contribution in [0.1, 0.15) is 28.4 Å². The molecule has 0 spiro atoms. The Morgan fingerprint density at radius 1 is 1.15 bits per heavy atom. The molecule has 3 nitrogen and oxygen atoms in total. The number of benzene rings is 1. The minimum atomic E-state index is -0.136. The highest BCUT2D eigenvalue weighted by atomic mass is 32.1. The fourth-order valence-electron chi connectivity index (χ4n) is 2.23. The predicted octanol–water partition coefficient (Wildman–Crippen LogP) is 3.54. The Hall–Kier alpha value is -1.91. The lowest BCUT2D eigenvalue weighted by Gasteiger charge is -2.13. The summed E-state index contributed by atoms with van der Waals surface area (Å²) in [6.07, 6.45) is 2.85. The maximum absolute atomic E-state index is 6.42. The molecule has 0 aliphatic rings. The second-order valence-electron chi connectivity index (χ2n) is 4.64. The summed E-state index contributed by atoms with van der Waals surface area (Å²) in [4.78, 5) is 2.54. The van der Waals surface area contributed by atoms with Gasteiger partial charge in [-0.25, -0.2) is 4.68 Å². The second kappa shape index (κ2) is 5.61. The molecule has 1 aromatic carbocycles. The number of hydrogen-bond donors (Lipinski definition) is 1. The van der Waals surface area contributed by atoms with Crippen LogP contribution in [-0.2, 0) is 6.42 Å². The number of thiophene rings is 1. The van der Waals surface area contributed by atoms with E-state index in [2.05, 4.69) is 24.2 Å². The third-order valence-corrected chi connectivity index (χ3v) is 4.64. The van der Waals surface area contributed by atoms with Gasteiger partial charge in [-0.3, -0.25) is 0 Å². The van der Waals surface area contributed by atoms with Gasteiger partial charge in [-0.15, -0.1) is 11.3 Å². The van der Waals surface area contributed by atoms with Gasteiger partial charge in [0.05, 0.1) is 17.4 Å². The molecule has 3 rings (SSSR count). The molecule has 20 heavy (non-hydrogen) atoms. The molecular weight excluding hydrogens is 266 g/mol. The zero-order valence-corrected chi connectivity index (χ0v) is 12.2. The Morgan fingerprint density at radius 3 is 2.65 bits per heavy atom. The molecule has 0 amide bonds. The maximum atomic E-state index is 6.42. The van der Waals surface area contributed by atoms with Gasteiger partial charge in [0.25, 0.3) is 0 Å². The molecule has 0 bridgehead atoms. The quantitative estimate of drug-likeness (QED) is 0.796. The molecule has 1 atom stereocenters. The molecule has 0 aliphatic carbocycles. The van der Waals surface area contributed by atoms with Gasteiger partial charge < -0.3 is 5.73 Å². The van der Waals surface area contributed by atoms with Gasteiger partial charge in [-0.05, 0) is 36.8 Å². The van der Waals surface area contributed by atoms with E-state index in [0.29, 0.717) is 0 Å². The molecule has 0 fully saturated rings. The molecule has 2 heterocycles. The predicted molar refractivity (Wildman–Crippen MR) is 83.3 cm³/mol. The van der Waals surface area contributed by atoms with Crippen molar-refractivity contribution in [1.82, 2.24) is 9.78 Å². The molecule has 2 N–H and O–H groups in total. The van der Waals surface area contributed by atoms with Crippen molar-refractivity contribution in [1.29, 1.82) is 0 Å². The van der Waals surface area contributed by atoms with Gasteiger partial charge in [0, 0.05) is 16.0 Å². The zero-order valence-electron chi connectivity index (χ0n) is 11.4. The van der Waals surface area contributed by atoms with Gasteiger partial charge in [0.15, 0.2) is 0 Å². The van der Waals surface area contributed by atoms with Crippen molar-refractivity contribution in [3.8, 4) is 5.69 Å². The molecule has 0 saturated heterocycles. The first-order chi connectivity index (χ1) is 9.79. The average molecular weight is 283 g/mol. The Bertz CT molecular complexity index is 685. The Labute approximate surface area is 122 Å². The summed E-state index contributed by atoms with van der Waals surface area (Å²) in [6, 6.07) is 16.2. The molecule has 0 radical (unpaired) electrons. The van der Waals surface area contributed by atoms with Crippen molar-refractivity contribution in [2.75, 3.05) is 0 Å². The van der Waals surface area contributed by atoms with Crippen molar-refractivity contribution in [2.24, 2.45) is 5.73 Å². The minimum Gasteiger partial charge on any atom is -0.318 e. The monoisotopic (exact) mass is 283 g/mol. The average Bonchev–Trinajstić information content (AvgIpc) is 3.16. The molecular formula is C16H17N3S. The number of aromatic nitrogens is 2. The largest absolute Gasteiger partial charge is 0.318 e. The first-order valence-electron chi connectivity index (χ1n) is 6.73. The molecule has 3 aromatic rings. The lowest BCUT2D eigenvalue weighted by Crippen LogP contribution is -2.15. The van der Waals surface area contributed by atoms with Crippen LogP contribution in [0.3, 0.4) is 0 Å². The first-order valence-corrected chi connectivity index (χ1v) is 7.54. The van der Waals surface area contributed by atoms with Crippen LogP contribution >= 0.6 is 11.3 Å². The molecule has 1 unspecified atom stereocenters. The Morgan fingerprint density at radius 2 is 1.95 bits per heavy atom. The van der Waals surface area contributed by atoms with E-state index in [1.54, 1.807) is 17.5 Å². The van der Waals surface area contributed by atoms with Crippen molar-refractivity contribution < 1.29 is 0 Å². The normalized spacial score (nSPS) is 12.5. The molecule has 4 heteroatoms. The van der Waals surface area contributed by atoms with Crippen LogP contribution < -0.4 is 5.73 Å². The standard InChI is InChI=1S/C16H17N3S/c1-2-13-8-9-15(20-13)16(17)14-10-11-18-19(14)12-6-4-3-5-7-12/h3-11,16H,2,17H2,1H3. The number of rotatable bonds is 4. The highest BCUT2D eigenvalue weighted by molar-refractivity contribution is 7.12. The number of aryl methyl sites for hydroxylation is 1. The second-order valence-corrected chi connectivity index (χ2v) is 5.84. The Kier molecular flexibility index (Phi) is 3.67. The summed E-state index contributed by atoms with van der Waals surface area (Å²) < 4.78 is 1.91. The smallest absolute Gasteiger partial charge is 0.0821 e. The van der Waals surface area contributed by atoms with Gasteiger partial charge in [-0.2, -0.15) is 5.10 Å². The lowest BCUT2D eigenvalue weighted by atomic mass is 10.2. The highest BCUT2D eigenvalue weighted by Crippen LogP contribution is 2.28. The van der Waals surface area contributed by atoms with Gasteiger partial charge >= 0.3 is 0 Å².